The van der Waals surface area contributed by atoms with Crippen molar-refractivity contribution in [2.75, 3.05) is 11.9 Å². The van der Waals surface area contributed by atoms with Crippen LogP contribution in [0.2, 0.25) is 4.34 Å². The fourth-order valence-corrected chi connectivity index (χ4v) is 3.97. The van der Waals surface area contributed by atoms with Gasteiger partial charge in [0.25, 0.3) is 5.91 Å². The van der Waals surface area contributed by atoms with Gasteiger partial charge in [0, 0.05) is 12.7 Å². The summed E-state index contributed by atoms with van der Waals surface area (Å²) >= 11 is 7.13. The highest BCUT2D eigenvalue weighted by atomic mass is 35.5. The number of halogens is 1. The number of nitrogens with zero attached hydrogens (tertiary/aromatic N) is 4. The van der Waals surface area contributed by atoms with Gasteiger partial charge < -0.3 is 4.90 Å². The summed E-state index contributed by atoms with van der Waals surface area (Å²) in [6.07, 6.45) is 3.17. The smallest absolute Gasteiger partial charge is 0.264 e. The van der Waals surface area contributed by atoms with E-state index < -0.39 is 6.04 Å². The zero-order valence-corrected chi connectivity index (χ0v) is 14.6. The van der Waals surface area contributed by atoms with Crippen molar-refractivity contribution in [2.45, 2.75) is 18.9 Å². The molecule has 3 aromatic heterocycles. The lowest BCUT2D eigenvalue weighted by Crippen LogP contribution is -2.43. The van der Waals surface area contributed by atoms with Crippen molar-refractivity contribution >= 4 is 46.3 Å². The summed E-state index contributed by atoms with van der Waals surface area (Å²) in [5.74, 6) is -0.0774. The second kappa shape index (κ2) is 6.45. The van der Waals surface area contributed by atoms with Crippen LogP contribution in [0.15, 0.2) is 36.5 Å². The maximum absolute atomic E-state index is 12.7. The van der Waals surface area contributed by atoms with E-state index in [4.69, 9.17) is 11.6 Å². The molecule has 2 amide bonds. The van der Waals surface area contributed by atoms with Crippen LogP contribution in [-0.2, 0) is 4.79 Å². The molecule has 0 saturated carbocycles. The van der Waals surface area contributed by atoms with E-state index in [-0.39, 0.29) is 11.8 Å². The van der Waals surface area contributed by atoms with Gasteiger partial charge >= 0.3 is 0 Å². The molecule has 0 spiro atoms. The minimum Gasteiger partial charge on any atom is -0.326 e. The molecule has 7 nitrogen and oxygen atoms in total. The number of carbonyl (C=O) groups is 2. The molecule has 1 fully saturated rings. The first-order chi connectivity index (χ1) is 12.1. The Kier molecular flexibility index (Phi) is 4.14. The van der Waals surface area contributed by atoms with Crippen LogP contribution >= 0.6 is 22.9 Å². The van der Waals surface area contributed by atoms with Gasteiger partial charge in [-0.3, -0.25) is 19.3 Å². The van der Waals surface area contributed by atoms with Gasteiger partial charge in [0.15, 0.2) is 5.65 Å². The normalized spacial score (nSPS) is 17.2. The molecule has 1 saturated heterocycles. The number of rotatable bonds is 3. The molecule has 0 aliphatic carbocycles. The average molecular weight is 376 g/mol. The number of anilines is 1. The number of amides is 2. The summed E-state index contributed by atoms with van der Waals surface area (Å²) in [6.45, 7) is 0.549. The van der Waals surface area contributed by atoms with Crippen molar-refractivity contribution < 1.29 is 9.59 Å². The Labute approximate surface area is 152 Å². The summed E-state index contributed by atoms with van der Waals surface area (Å²) in [6, 6.07) is 8.33. The molecule has 1 atom stereocenters. The first kappa shape index (κ1) is 16.0. The summed E-state index contributed by atoms with van der Waals surface area (Å²) in [5, 5.41) is 10.8. The van der Waals surface area contributed by atoms with Gasteiger partial charge in [-0.25, -0.2) is 0 Å². The predicted molar refractivity (Wildman–Crippen MR) is 95.0 cm³/mol. The molecule has 0 aromatic carbocycles. The van der Waals surface area contributed by atoms with E-state index in [1.807, 2.05) is 12.1 Å². The lowest BCUT2D eigenvalue weighted by molar-refractivity contribution is -0.119. The molecule has 4 rings (SSSR count). The van der Waals surface area contributed by atoms with E-state index in [0.717, 1.165) is 6.42 Å². The molecule has 0 unspecified atom stereocenters. The molecule has 3 aromatic rings. The molecule has 25 heavy (non-hydrogen) atoms. The molecule has 1 aliphatic rings. The minimum atomic E-state index is -0.524. The van der Waals surface area contributed by atoms with E-state index in [2.05, 4.69) is 15.5 Å². The Balaban J connectivity index is 1.53. The highest BCUT2D eigenvalue weighted by Gasteiger charge is 2.35. The molecule has 9 heteroatoms. The number of fused-ring (bicyclic) bond motifs is 1. The van der Waals surface area contributed by atoms with E-state index in [1.54, 1.807) is 33.7 Å². The van der Waals surface area contributed by atoms with Gasteiger partial charge in [0.05, 0.1) is 9.21 Å². The van der Waals surface area contributed by atoms with Crippen LogP contribution in [0.4, 0.5) is 5.95 Å². The fraction of sp³-hybridized carbons (Fsp3) is 0.250. The summed E-state index contributed by atoms with van der Waals surface area (Å²) in [4.78, 5) is 27.5. The molecule has 0 radical (unpaired) electrons. The average Bonchev–Trinajstić information content (AvgIpc) is 3.34. The summed E-state index contributed by atoms with van der Waals surface area (Å²) in [5.41, 5.74) is 0.644. The van der Waals surface area contributed by atoms with Crippen molar-refractivity contribution in [1.29, 1.82) is 0 Å². The molecule has 1 N–H and O–H groups in total. The Bertz CT molecular complexity index is 953. The number of hydrogen-bond acceptors (Lipinski definition) is 5. The largest absolute Gasteiger partial charge is 0.326 e. The van der Waals surface area contributed by atoms with Crippen molar-refractivity contribution in [3.63, 3.8) is 0 Å². The third-order valence-electron chi connectivity index (χ3n) is 4.15. The van der Waals surface area contributed by atoms with Gasteiger partial charge in [-0.2, -0.15) is 0 Å². The van der Waals surface area contributed by atoms with Crippen LogP contribution in [0, 0.1) is 0 Å². The SMILES string of the molecule is O=C(Nc1nnc2ccccn12)[C@H]1CCCN1C(=O)c1ccc(Cl)s1. The number of pyridine rings is 1. The topological polar surface area (TPSA) is 79.6 Å². The Morgan fingerprint density at radius 3 is 2.92 bits per heavy atom. The number of hydrogen-bond donors (Lipinski definition) is 1. The second-order valence-electron chi connectivity index (χ2n) is 5.70. The Morgan fingerprint density at radius 1 is 1.24 bits per heavy atom. The zero-order chi connectivity index (χ0) is 17.4. The predicted octanol–water partition coefficient (Wildman–Crippen LogP) is 2.69. The van der Waals surface area contributed by atoms with Crippen molar-refractivity contribution in [2.24, 2.45) is 0 Å². The van der Waals surface area contributed by atoms with Crippen LogP contribution in [0.1, 0.15) is 22.5 Å². The lowest BCUT2D eigenvalue weighted by atomic mass is 10.2. The van der Waals surface area contributed by atoms with Crippen molar-refractivity contribution in [3.05, 3.63) is 45.7 Å². The van der Waals surface area contributed by atoms with E-state index in [9.17, 15) is 9.59 Å². The lowest BCUT2D eigenvalue weighted by Gasteiger charge is -2.23. The van der Waals surface area contributed by atoms with Crippen LogP contribution in [0.3, 0.4) is 0 Å². The van der Waals surface area contributed by atoms with Gasteiger partial charge in [-0.1, -0.05) is 17.7 Å². The van der Waals surface area contributed by atoms with Gasteiger partial charge in [-0.05, 0) is 37.1 Å². The standard InChI is InChI=1S/C16H14ClN5O2S/c17-12-7-6-11(25-12)15(24)21-9-3-4-10(21)14(23)18-16-20-19-13-5-1-2-8-22(13)16/h1-2,5-8,10H,3-4,9H2,(H,18,20,23)/t10-/m1/s1. The molecule has 128 valence electrons. The van der Waals surface area contributed by atoms with Crippen LogP contribution in [-0.4, -0.2) is 43.9 Å². The number of nitrogens with one attached hydrogen (secondary N) is 1. The van der Waals surface area contributed by atoms with E-state index >= 15 is 0 Å². The first-order valence-electron chi connectivity index (χ1n) is 7.80. The van der Waals surface area contributed by atoms with Gasteiger partial charge in [0.2, 0.25) is 11.9 Å². The van der Waals surface area contributed by atoms with Crippen molar-refractivity contribution in [1.82, 2.24) is 19.5 Å². The second-order valence-corrected chi connectivity index (χ2v) is 7.42. The minimum absolute atomic E-state index is 0.166. The molecule has 0 bridgehead atoms. The molecule has 1 aliphatic heterocycles. The zero-order valence-electron chi connectivity index (χ0n) is 13.1. The van der Waals surface area contributed by atoms with Crippen molar-refractivity contribution in [3.8, 4) is 0 Å². The van der Waals surface area contributed by atoms with E-state index in [1.165, 1.54) is 11.3 Å². The number of aromatic nitrogens is 3. The van der Waals surface area contributed by atoms with Crippen LogP contribution < -0.4 is 5.32 Å². The number of carbonyl (C=O) groups excluding carboxylic acids is 2. The quantitative estimate of drug-likeness (QED) is 0.763. The Morgan fingerprint density at radius 2 is 2.12 bits per heavy atom. The first-order valence-corrected chi connectivity index (χ1v) is 9.00. The highest BCUT2D eigenvalue weighted by molar-refractivity contribution is 7.18. The fourth-order valence-electron chi connectivity index (χ4n) is 2.97. The molecular formula is C16H14ClN5O2S. The maximum Gasteiger partial charge on any atom is 0.264 e. The van der Waals surface area contributed by atoms with E-state index in [0.29, 0.717) is 33.8 Å². The number of thiophene rings is 1. The monoisotopic (exact) mass is 375 g/mol. The number of likely N-dealkylation sites (tertiary alicyclic amines) is 1. The molecule has 4 heterocycles. The summed E-state index contributed by atoms with van der Waals surface area (Å²) in [7, 11) is 0. The van der Waals surface area contributed by atoms with Crippen LogP contribution in [0.25, 0.3) is 5.65 Å². The summed E-state index contributed by atoms with van der Waals surface area (Å²) < 4.78 is 2.25. The molecular weight excluding hydrogens is 362 g/mol. The maximum atomic E-state index is 12.7. The van der Waals surface area contributed by atoms with Crippen LogP contribution in [0.5, 0.6) is 0 Å². The third kappa shape index (κ3) is 2.98. The van der Waals surface area contributed by atoms with Gasteiger partial charge in [0.1, 0.15) is 6.04 Å². The third-order valence-corrected chi connectivity index (χ3v) is 5.37. The van der Waals surface area contributed by atoms with Gasteiger partial charge in [-0.15, -0.1) is 21.5 Å². The Hall–Kier alpha value is -2.45. The highest BCUT2D eigenvalue weighted by Crippen LogP contribution is 2.27.